The Labute approximate surface area is 198 Å². The molecule has 0 saturated carbocycles. The van der Waals surface area contributed by atoms with E-state index in [0.717, 1.165) is 60.4 Å². The highest BCUT2D eigenvalue weighted by molar-refractivity contribution is 7.09. The van der Waals surface area contributed by atoms with Crippen molar-refractivity contribution >= 4 is 23.3 Å². The SMILES string of the molecule is Cc1nc(COc2ccc(C=CC(=O)NCc3cccc(CN4CCOCC4)c3)cc2)cs1. The zero-order valence-electron chi connectivity index (χ0n) is 18.8. The Bertz CT molecular complexity index is 1070. The minimum absolute atomic E-state index is 0.118. The molecule has 0 spiro atoms. The summed E-state index contributed by atoms with van der Waals surface area (Å²) in [6.45, 7) is 7.37. The molecule has 0 unspecified atom stereocenters. The van der Waals surface area contributed by atoms with Crippen molar-refractivity contribution in [2.45, 2.75) is 26.6 Å². The van der Waals surface area contributed by atoms with E-state index in [1.165, 1.54) is 5.56 Å². The molecule has 2 aromatic carbocycles. The van der Waals surface area contributed by atoms with Gasteiger partial charge in [0.2, 0.25) is 5.91 Å². The third-order valence-electron chi connectivity index (χ3n) is 5.33. The molecule has 0 aliphatic carbocycles. The predicted octanol–water partition coefficient (Wildman–Crippen LogP) is 4.19. The summed E-state index contributed by atoms with van der Waals surface area (Å²) < 4.78 is 11.2. The van der Waals surface area contributed by atoms with E-state index in [4.69, 9.17) is 9.47 Å². The molecular formula is C26H29N3O3S. The van der Waals surface area contributed by atoms with Gasteiger partial charge in [0.05, 0.1) is 23.9 Å². The Morgan fingerprint density at radius 2 is 1.97 bits per heavy atom. The molecule has 1 aliphatic rings. The highest BCUT2D eigenvalue weighted by Crippen LogP contribution is 2.16. The lowest BCUT2D eigenvalue weighted by molar-refractivity contribution is -0.116. The Kier molecular flexibility index (Phi) is 8.24. The van der Waals surface area contributed by atoms with Gasteiger partial charge in [-0.3, -0.25) is 9.69 Å². The number of nitrogens with zero attached hydrogens (tertiary/aromatic N) is 2. The summed E-state index contributed by atoms with van der Waals surface area (Å²) in [5.74, 6) is 0.659. The number of rotatable bonds is 9. The molecule has 0 atom stereocenters. The fourth-order valence-corrected chi connectivity index (χ4v) is 4.18. The van der Waals surface area contributed by atoms with Gasteiger partial charge in [-0.25, -0.2) is 4.98 Å². The summed E-state index contributed by atoms with van der Waals surface area (Å²) in [6, 6.07) is 16.0. The summed E-state index contributed by atoms with van der Waals surface area (Å²) in [6.07, 6.45) is 3.36. The number of carbonyl (C=O) groups is 1. The number of hydrogen-bond acceptors (Lipinski definition) is 6. The summed E-state index contributed by atoms with van der Waals surface area (Å²) in [7, 11) is 0. The molecule has 6 nitrogen and oxygen atoms in total. The second kappa shape index (κ2) is 11.7. The zero-order valence-corrected chi connectivity index (χ0v) is 19.6. The van der Waals surface area contributed by atoms with Crippen LogP contribution in [0, 0.1) is 6.92 Å². The van der Waals surface area contributed by atoms with Gasteiger partial charge < -0.3 is 14.8 Å². The molecule has 4 rings (SSSR count). The van der Waals surface area contributed by atoms with Crippen LogP contribution in [0.5, 0.6) is 5.75 Å². The third kappa shape index (κ3) is 7.53. The van der Waals surface area contributed by atoms with E-state index in [-0.39, 0.29) is 5.91 Å². The molecule has 1 saturated heterocycles. The van der Waals surface area contributed by atoms with Crippen molar-refractivity contribution in [2.24, 2.45) is 0 Å². The van der Waals surface area contributed by atoms with Crippen LogP contribution in [0.1, 0.15) is 27.4 Å². The first kappa shape index (κ1) is 23.2. The molecule has 0 radical (unpaired) electrons. The first-order valence-corrected chi connectivity index (χ1v) is 12.0. The van der Waals surface area contributed by atoms with Crippen LogP contribution < -0.4 is 10.1 Å². The van der Waals surface area contributed by atoms with Gasteiger partial charge in [0.15, 0.2) is 0 Å². The monoisotopic (exact) mass is 463 g/mol. The maximum atomic E-state index is 12.3. The Balaban J connectivity index is 1.22. The van der Waals surface area contributed by atoms with Crippen LogP contribution in [0.3, 0.4) is 0 Å². The van der Waals surface area contributed by atoms with Gasteiger partial charge in [-0.2, -0.15) is 0 Å². The molecule has 0 bridgehead atoms. The number of thiazole rings is 1. The third-order valence-corrected chi connectivity index (χ3v) is 6.15. The van der Waals surface area contributed by atoms with E-state index in [1.807, 2.05) is 48.7 Å². The van der Waals surface area contributed by atoms with Crippen molar-refractivity contribution in [1.29, 1.82) is 0 Å². The van der Waals surface area contributed by atoms with Gasteiger partial charge in [0.25, 0.3) is 0 Å². The van der Waals surface area contributed by atoms with Gasteiger partial charge in [-0.1, -0.05) is 36.4 Å². The summed E-state index contributed by atoms with van der Waals surface area (Å²) in [4.78, 5) is 19.1. The van der Waals surface area contributed by atoms with Gasteiger partial charge in [0.1, 0.15) is 12.4 Å². The van der Waals surface area contributed by atoms with E-state index in [9.17, 15) is 4.79 Å². The highest BCUT2D eigenvalue weighted by Gasteiger charge is 2.10. The molecule has 1 amide bonds. The summed E-state index contributed by atoms with van der Waals surface area (Å²) >= 11 is 1.62. The van der Waals surface area contributed by atoms with Gasteiger partial charge in [0, 0.05) is 37.6 Å². The van der Waals surface area contributed by atoms with E-state index in [0.29, 0.717) is 13.2 Å². The molecule has 1 fully saturated rings. The first-order valence-electron chi connectivity index (χ1n) is 11.1. The molecule has 3 aromatic rings. The van der Waals surface area contributed by atoms with Crippen molar-refractivity contribution in [2.75, 3.05) is 26.3 Å². The number of hydrogen-bond donors (Lipinski definition) is 1. The number of morpholine rings is 1. The minimum Gasteiger partial charge on any atom is -0.487 e. The molecule has 1 aliphatic heterocycles. The van der Waals surface area contributed by atoms with Crippen LogP contribution in [-0.4, -0.2) is 42.1 Å². The molecular weight excluding hydrogens is 434 g/mol. The van der Waals surface area contributed by atoms with Crippen LogP contribution in [0.25, 0.3) is 6.08 Å². The quantitative estimate of drug-likeness (QED) is 0.482. The average molecular weight is 464 g/mol. The molecule has 7 heteroatoms. The molecule has 2 heterocycles. The lowest BCUT2D eigenvalue weighted by atomic mass is 10.1. The van der Waals surface area contributed by atoms with Crippen LogP contribution in [0.15, 0.2) is 60.0 Å². The van der Waals surface area contributed by atoms with Crippen LogP contribution >= 0.6 is 11.3 Å². The average Bonchev–Trinajstić information content (AvgIpc) is 3.27. The number of ether oxygens (including phenoxy) is 2. The zero-order chi connectivity index (χ0) is 22.9. The van der Waals surface area contributed by atoms with E-state index in [2.05, 4.69) is 27.3 Å². The number of amides is 1. The molecule has 1 N–H and O–H groups in total. The smallest absolute Gasteiger partial charge is 0.244 e. The van der Waals surface area contributed by atoms with Crippen LogP contribution in [0.4, 0.5) is 0 Å². The van der Waals surface area contributed by atoms with Gasteiger partial charge in [-0.15, -0.1) is 11.3 Å². The maximum absolute atomic E-state index is 12.3. The second-order valence-corrected chi connectivity index (χ2v) is 9.04. The van der Waals surface area contributed by atoms with E-state index >= 15 is 0 Å². The van der Waals surface area contributed by atoms with Crippen molar-refractivity contribution < 1.29 is 14.3 Å². The minimum atomic E-state index is -0.118. The lowest BCUT2D eigenvalue weighted by Gasteiger charge is -2.26. The number of aromatic nitrogens is 1. The van der Waals surface area contributed by atoms with Crippen molar-refractivity contribution in [3.63, 3.8) is 0 Å². The number of aryl methyl sites for hydroxylation is 1. The van der Waals surface area contributed by atoms with E-state index in [1.54, 1.807) is 23.5 Å². The standard InChI is InChI=1S/C26H29N3O3S/c1-20-28-24(19-33-20)18-32-25-8-5-21(6-9-25)7-10-26(30)27-16-22-3-2-4-23(15-22)17-29-11-13-31-14-12-29/h2-10,15,19H,11-14,16-18H2,1H3,(H,27,30). The van der Waals surface area contributed by atoms with Crippen molar-refractivity contribution in [3.05, 3.63) is 87.4 Å². The molecule has 33 heavy (non-hydrogen) atoms. The summed E-state index contributed by atoms with van der Waals surface area (Å²) in [5.41, 5.74) is 4.23. The first-order chi connectivity index (χ1) is 16.1. The second-order valence-electron chi connectivity index (χ2n) is 7.98. The molecule has 172 valence electrons. The molecule has 1 aromatic heterocycles. The number of benzene rings is 2. The van der Waals surface area contributed by atoms with Crippen LogP contribution in [-0.2, 0) is 29.2 Å². The maximum Gasteiger partial charge on any atom is 0.244 e. The van der Waals surface area contributed by atoms with E-state index < -0.39 is 0 Å². The normalized spacial score (nSPS) is 14.5. The van der Waals surface area contributed by atoms with Crippen molar-refractivity contribution in [1.82, 2.24) is 15.2 Å². The van der Waals surface area contributed by atoms with Gasteiger partial charge in [-0.05, 0) is 41.8 Å². The fraction of sp³-hybridized carbons (Fsp3) is 0.308. The Morgan fingerprint density at radius 3 is 2.73 bits per heavy atom. The highest BCUT2D eigenvalue weighted by atomic mass is 32.1. The predicted molar refractivity (Wildman–Crippen MR) is 131 cm³/mol. The topological polar surface area (TPSA) is 63.7 Å². The van der Waals surface area contributed by atoms with Crippen molar-refractivity contribution in [3.8, 4) is 5.75 Å². The van der Waals surface area contributed by atoms with Crippen LogP contribution in [0.2, 0.25) is 0 Å². The Hall–Kier alpha value is -3.00. The summed E-state index contributed by atoms with van der Waals surface area (Å²) in [5, 5.41) is 6.00. The Morgan fingerprint density at radius 1 is 1.18 bits per heavy atom. The number of carbonyl (C=O) groups excluding carboxylic acids is 1. The lowest BCUT2D eigenvalue weighted by Crippen LogP contribution is -2.35. The number of nitrogens with one attached hydrogen (secondary N) is 1. The largest absolute Gasteiger partial charge is 0.487 e. The van der Waals surface area contributed by atoms with Gasteiger partial charge >= 0.3 is 0 Å². The fourth-order valence-electron chi connectivity index (χ4n) is 3.58.